The van der Waals surface area contributed by atoms with Crippen molar-refractivity contribution in [2.45, 2.75) is 37.1 Å². The van der Waals surface area contributed by atoms with E-state index in [1.807, 2.05) is 38.1 Å². The summed E-state index contributed by atoms with van der Waals surface area (Å²) in [5.41, 5.74) is 1.78. The van der Waals surface area contributed by atoms with Crippen molar-refractivity contribution in [2.24, 2.45) is 0 Å². The summed E-state index contributed by atoms with van der Waals surface area (Å²) in [6.45, 7) is 4.56. The molecular weight excluding hydrogens is 352 g/mol. The van der Waals surface area contributed by atoms with E-state index in [-0.39, 0.29) is 4.90 Å². The van der Waals surface area contributed by atoms with Gasteiger partial charge in [0.15, 0.2) is 6.17 Å². The first-order valence-corrected chi connectivity index (χ1v) is 10.2. The molecule has 7 heteroatoms. The van der Waals surface area contributed by atoms with E-state index in [9.17, 15) is 8.42 Å². The topological polar surface area (TPSA) is 67.9 Å². The van der Waals surface area contributed by atoms with Crippen LogP contribution in [-0.4, -0.2) is 37.8 Å². The smallest absolute Gasteiger partial charge is 0.246 e. The number of nitrogens with zero attached hydrogens (tertiary/aromatic N) is 1. The Morgan fingerprint density at radius 2 is 1.96 bits per heavy atom. The first-order chi connectivity index (χ1) is 12.5. The molecule has 0 unspecified atom stereocenters. The van der Waals surface area contributed by atoms with E-state index in [0.717, 1.165) is 11.3 Å². The number of para-hydroxylation sites is 2. The normalized spacial score (nSPS) is 25.1. The summed E-state index contributed by atoms with van der Waals surface area (Å²) in [5.74, 6) is -0.354. The van der Waals surface area contributed by atoms with Crippen LogP contribution in [0.15, 0.2) is 53.4 Å². The van der Waals surface area contributed by atoms with Crippen LogP contribution in [-0.2, 0) is 14.8 Å². The Labute approximate surface area is 153 Å². The number of sulfonamides is 1. The highest BCUT2D eigenvalue weighted by Crippen LogP contribution is 2.44. The minimum absolute atomic E-state index is 0.274. The van der Waals surface area contributed by atoms with Crippen molar-refractivity contribution in [3.63, 3.8) is 0 Å². The molecule has 0 saturated carbocycles. The number of ether oxygens (including phenoxy) is 2. The average Bonchev–Trinajstić information content (AvgIpc) is 2.99. The Kier molecular flexibility index (Phi) is 4.17. The average molecular weight is 374 g/mol. The number of rotatable bonds is 4. The molecule has 0 spiro atoms. The van der Waals surface area contributed by atoms with Crippen LogP contribution in [0.5, 0.6) is 5.75 Å². The molecule has 0 radical (unpaired) electrons. The van der Waals surface area contributed by atoms with Crippen LogP contribution in [0.2, 0.25) is 0 Å². The first-order valence-electron chi connectivity index (χ1n) is 8.73. The lowest BCUT2D eigenvalue weighted by atomic mass is 10.1. The van der Waals surface area contributed by atoms with E-state index in [0.29, 0.717) is 25.3 Å². The lowest BCUT2D eigenvalue weighted by Gasteiger charge is -2.42. The quantitative estimate of drug-likeness (QED) is 0.891. The first kappa shape index (κ1) is 17.3. The molecule has 2 atom stereocenters. The van der Waals surface area contributed by atoms with E-state index in [2.05, 4.69) is 5.32 Å². The zero-order valence-corrected chi connectivity index (χ0v) is 15.6. The van der Waals surface area contributed by atoms with Gasteiger partial charge in [-0.2, -0.15) is 4.31 Å². The fraction of sp³-hybridized carbons (Fsp3) is 0.368. The molecule has 0 aromatic heterocycles. The van der Waals surface area contributed by atoms with Gasteiger partial charge >= 0.3 is 0 Å². The van der Waals surface area contributed by atoms with E-state index in [4.69, 9.17) is 9.47 Å². The minimum atomic E-state index is -3.67. The van der Waals surface area contributed by atoms with Crippen LogP contribution >= 0.6 is 0 Å². The highest BCUT2D eigenvalue weighted by atomic mass is 32.2. The Balaban J connectivity index is 1.74. The number of aryl methyl sites for hydroxylation is 1. The van der Waals surface area contributed by atoms with Crippen LogP contribution < -0.4 is 10.1 Å². The lowest BCUT2D eigenvalue weighted by Crippen LogP contribution is -2.58. The monoisotopic (exact) mass is 374 g/mol. The largest absolute Gasteiger partial charge is 0.456 e. The molecule has 1 fully saturated rings. The Morgan fingerprint density at radius 1 is 1.23 bits per heavy atom. The number of fused-ring (bicyclic) bond motifs is 2. The lowest BCUT2D eigenvalue weighted by molar-refractivity contribution is -0.189. The SMILES string of the molecule is CCO[C@@]12CCN(S(=O)(=O)c3ccc(C)cc3)[C@@H]1Nc1ccccc1O2. The minimum Gasteiger partial charge on any atom is -0.456 e. The van der Waals surface area contributed by atoms with E-state index in [1.165, 1.54) is 4.31 Å². The molecule has 2 aromatic carbocycles. The van der Waals surface area contributed by atoms with Gasteiger partial charge in [-0.05, 0) is 38.1 Å². The fourth-order valence-corrected chi connectivity index (χ4v) is 5.15. The van der Waals surface area contributed by atoms with Gasteiger partial charge in [0.1, 0.15) is 5.75 Å². The molecule has 2 heterocycles. The van der Waals surface area contributed by atoms with Gasteiger partial charge in [0, 0.05) is 19.6 Å². The van der Waals surface area contributed by atoms with Crippen LogP contribution in [0.3, 0.4) is 0 Å². The van der Waals surface area contributed by atoms with Crippen molar-refractivity contribution in [1.29, 1.82) is 0 Å². The molecule has 6 nitrogen and oxygen atoms in total. The van der Waals surface area contributed by atoms with Crippen molar-refractivity contribution in [2.75, 3.05) is 18.5 Å². The molecule has 0 amide bonds. The van der Waals surface area contributed by atoms with E-state index < -0.39 is 22.0 Å². The van der Waals surface area contributed by atoms with Gasteiger partial charge in [0.2, 0.25) is 15.8 Å². The van der Waals surface area contributed by atoms with Gasteiger partial charge < -0.3 is 14.8 Å². The summed E-state index contributed by atoms with van der Waals surface area (Å²) >= 11 is 0. The van der Waals surface area contributed by atoms with E-state index in [1.54, 1.807) is 24.3 Å². The number of benzene rings is 2. The standard InChI is InChI=1S/C19H22N2O4S/c1-3-24-19-12-13-21(26(22,23)15-10-8-14(2)9-11-15)18(19)20-16-6-4-5-7-17(16)25-19/h4-11,18,20H,3,12-13H2,1-2H3/t18-,19+/m0/s1. The number of hydrogen-bond acceptors (Lipinski definition) is 5. The van der Waals surface area contributed by atoms with Gasteiger partial charge in [-0.1, -0.05) is 29.8 Å². The van der Waals surface area contributed by atoms with Gasteiger partial charge in [-0.25, -0.2) is 8.42 Å². The zero-order chi connectivity index (χ0) is 18.4. The molecule has 138 valence electrons. The van der Waals surface area contributed by atoms with Crippen LogP contribution in [0.25, 0.3) is 0 Å². The van der Waals surface area contributed by atoms with Crippen LogP contribution in [0.1, 0.15) is 18.9 Å². The summed E-state index contributed by atoms with van der Waals surface area (Å²) in [4.78, 5) is 0.274. The van der Waals surface area contributed by atoms with Crippen LogP contribution in [0.4, 0.5) is 5.69 Å². The van der Waals surface area contributed by atoms with Crippen molar-refractivity contribution in [3.05, 3.63) is 54.1 Å². The zero-order valence-electron chi connectivity index (χ0n) is 14.8. The molecule has 26 heavy (non-hydrogen) atoms. The van der Waals surface area contributed by atoms with E-state index >= 15 is 0 Å². The van der Waals surface area contributed by atoms with Gasteiger partial charge in [0.05, 0.1) is 10.6 Å². The number of nitrogens with one attached hydrogen (secondary N) is 1. The third-order valence-corrected chi connectivity index (χ3v) is 6.74. The predicted molar refractivity (Wildman–Crippen MR) is 98.5 cm³/mol. The maximum atomic E-state index is 13.2. The van der Waals surface area contributed by atoms with Gasteiger partial charge in [0.25, 0.3) is 0 Å². The summed E-state index contributed by atoms with van der Waals surface area (Å²) in [5, 5.41) is 3.32. The maximum absolute atomic E-state index is 13.2. The van der Waals surface area contributed by atoms with Gasteiger partial charge in [-0.15, -0.1) is 0 Å². The Hall–Kier alpha value is -2.09. The molecule has 1 saturated heterocycles. The second-order valence-electron chi connectivity index (χ2n) is 6.57. The number of anilines is 1. The Bertz CT molecular complexity index is 913. The molecule has 4 rings (SSSR count). The predicted octanol–water partition coefficient (Wildman–Crippen LogP) is 2.95. The van der Waals surface area contributed by atoms with Gasteiger partial charge in [-0.3, -0.25) is 0 Å². The molecule has 2 aromatic rings. The third kappa shape index (κ3) is 2.67. The second-order valence-corrected chi connectivity index (χ2v) is 8.46. The third-order valence-electron chi connectivity index (χ3n) is 4.86. The molecule has 0 bridgehead atoms. The summed E-state index contributed by atoms with van der Waals surface area (Å²) in [6, 6.07) is 14.4. The maximum Gasteiger partial charge on any atom is 0.246 e. The highest BCUT2D eigenvalue weighted by Gasteiger charge is 2.57. The molecule has 1 N–H and O–H groups in total. The molecular formula is C19H22N2O4S. The molecule has 2 aliphatic rings. The van der Waals surface area contributed by atoms with Crippen molar-refractivity contribution in [3.8, 4) is 5.75 Å². The number of hydrogen-bond donors (Lipinski definition) is 1. The Morgan fingerprint density at radius 3 is 2.69 bits per heavy atom. The van der Waals surface area contributed by atoms with Crippen molar-refractivity contribution in [1.82, 2.24) is 4.31 Å². The summed E-state index contributed by atoms with van der Waals surface area (Å²) < 4.78 is 40.0. The second kappa shape index (κ2) is 6.26. The summed E-state index contributed by atoms with van der Waals surface area (Å²) in [7, 11) is -3.67. The fourth-order valence-electron chi connectivity index (χ4n) is 3.58. The van der Waals surface area contributed by atoms with Crippen molar-refractivity contribution >= 4 is 15.7 Å². The van der Waals surface area contributed by atoms with Crippen LogP contribution in [0, 0.1) is 6.92 Å². The van der Waals surface area contributed by atoms with Crippen molar-refractivity contribution < 1.29 is 17.9 Å². The summed E-state index contributed by atoms with van der Waals surface area (Å²) in [6.07, 6.45) is -0.165. The molecule has 2 aliphatic heterocycles. The molecule has 0 aliphatic carbocycles. The highest BCUT2D eigenvalue weighted by molar-refractivity contribution is 7.89.